The molecule has 0 saturated carbocycles. The highest BCUT2D eigenvalue weighted by Crippen LogP contribution is 2.25. The molecule has 108 valence electrons. The Kier molecular flexibility index (Phi) is 3.51. The van der Waals surface area contributed by atoms with Crippen molar-refractivity contribution in [3.8, 4) is 0 Å². The predicted molar refractivity (Wildman–Crippen MR) is 83.0 cm³/mol. The number of nitrogens with zero attached hydrogens (tertiary/aromatic N) is 2. The van der Waals surface area contributed by atoms with Gasteiger partial charge in [0.25, 0.3) is 5.91 Å². The van der Waals surface area contributed by atoms with E-state index in [1.807, 2.05) is 29.1 Å². The van der Waals surface area contributed by atoms with E-state index in [1.165, 1.54) is 11.0 Å². The number of aryl methyl sites for hydroxylation is 1. The number of thiophene rings is 1. The zero-order valence-corrected chi connectivity index (χ0v) is 12.7. The average Bonchev–Trinajstić information content (AvgIpc) is 3.04. The molecule has 0 N–H and O–H groups in total. The monoisotopic (exact) mass is 302 g/mol. The summed E-state index contributed by atoms with van der Waals surface area (Å²) in [6.07, 6.45) is 0. The van der Waals surface area contributed by atoms with Crippen molar-refractivity contribution >= 4 is 27.5 Å². The Balaban J connectivity index is 1.86. The van der Waals surface area contributed by atoms with Crippen LogP contribution in [0, 0.1) is 5.82 Å². The second kappa shape index (κ2) is 5.33. The fourth-order valence-electron chi connectivity index (χ4n) is 2.40. The summed E-state index contributed by atoms with van der Waals surface area (Å²) in [5, 5.41) is 2.00. The molecule has 0 aliphatic heterocycles. The number of aromatic nitrogens is 1. The van der Waals surface area contributed by atoms with Gasteiger partial charge in [-0.05, 0) is 23.6 Å². The Morgan fingerprint density at radius 3 is 2.81 bits per heavy atom. The van der Waals surface area contributed by atoms with Crippen molar-refractivity contribution in [1.82, 2.24) is 9.47 Å². The van der Waals surface area contributed by atoms with Crippen LogP contribution in [0.4, 0.5) is 4.39 Å². The lowest BCUT2D eigenvalue weighted by atomic mass is 10.2. The van der Waals surface area contributed by atoms with Crippen LogP contribution < -0.4 is 0 Å². The molecule has 0 aliphatic carbocycles. The third-order valence-corrected chi connectivity index (χ3v) is 4.45. The van der Waals surface area contributed by atoms with Gasteiger partial charge in [0.1, 0.15) is 11.5 Å². The molecule has 0 radical (unpaired) electrons. The van der Waals surface area contributed by atoms with Crippen LogP contribution in [0.15, 0.2) is 41.8 Å². The molecular formula is C16H15FN2OS. The normalized spacial score (nSPS) is 11.0. The fourth-order valence-corrected chi connectivity index (χ4v) is 3.25. The predicted octanol–water partition coefficient (Wildman–Crippen LogP) is 3.65. The molecule has 3 rings (SSSR count). The highest BCUT2D eigenvalue weighted by molar-refractivity contribution is 7.17. The van der Waals surface area contributed by atoms with E-state index in [-0.39, 0.29) is 18.3 Å². The summed E-state index contributed by atoms with van der Waals surface area (Å²) in [4.78, 5) is 14.1. The van der Waals surface area contributed by atoms with Crippen molar-refractivity contribution in [2.24, 2.45) is 7.05 Å². The lowest BCUT2D eigenvalue weighted by molar-refractivity contribution is 0.0775. The molecule has 5 heteroatoms. The molecule has 0 bridgehead atoms. The van der Waals surface area contributed by atoms with Crippen LogP contribution in [0.25, 0.3) is 10.2 Å². The van der Waals surface area contributed by atoms with E-state index in [2.05, 4.69) is 0 Å². The summed E-state index contributed by atoms with van der Waals surface area (Å²) in [6.45, 7) is 0.254. The fraction of sp³-hybridized carbons (Fsp3) is 0.188. The van der Waals surface area contributed by atoms with Gasteiger partial charge in [-0.2, -0.15) is 0 Å². The number of fused-ring (bicyclic) bond motifs is 1. The highest BCUT2D eigenvalue weighted by atomic mass is 32.1. The van der Waals surface area contributed by atoms with Gasteiger partial charge >= 0.3 is 0 Å². The van der Waals surface area contributed by atoms with E-state index < -0.39 is 0 Å². The first-order chi connectivity index (χ1) is 10.1. The van der Waals surface area contributed by atoms with E-state index in [9.17, 15) is 9.18 Å². The summed E-state index contributed by atoms with van der Waals surface area (Å²) < 4.78 is 16.6. The number of carbonyl (C=O) groups is 1. The van der Waals surface area contributed by atoms with Crippen LogP contribution in [0.5, 0.6) is 0 Å². The molecule has 0 aliphatic rings. The lowest BCUT2D eigenvalue weighted by Gasteiger charge is -2.18. The Hall–Kier alpha value is -2.14. The maximum absolute atomic E-state index is 13.7. The summed E-state index contributed by atoms with van der Waals surface area (Å²) in [5.74, 6) is -0.394. The van der Waals surface area contributed by atoms with Gasteiger partial charge in [-0.1, -0.05) is 18.2 Å². The molecule has 0 unspecified atom stereocenters. The van der Waals surface area contributed by atoms with Gasteiger partial charge in [0.2, 0.25) is 0 Å². The van der Waals surface area contributed by atoms with Gasteiger partial charge in [-0.3, -0.25) is 4.79 Å². The molecular weight excluding hydrogens is 287 g/mol. The zero-order chi connectivity index (χ0) is 15.0. The lowest BCUT2D eigenvalue weighted by Crippen LogP contribution is -2.28. The first kappa shape index (κ1) is 13.8. The van der Waals surface area contributed by atoms with E-state index in [4.69, 9.17) is 0 Å². The molecule has 0 spiro atoms. The number of hydrogen-bond acceptors (Lipinski definition) is 2. The smallest absolute Gasteiger partial charge is 0.270 e. The van der Waals surface area contributed by atoms with Crippen molar-refractivity contribution < 1.29 is 9.18 Å². The Bertz CT molecular complexity index is 806. The Labute approximate surface area is 126 Å². The minimum absolute atomic E-state index is 0.107. The van der Waals surface area contributed by atoms with Crippen LogP contribution in [-0.2, 0) is 13.6 Å². The van der Waals surface area contributed by atoms with Crippen LogP contribution in [0.2, 0.25) is 0 Å². The van der Waals surface area contributed by atoms with Crippen LogP contribution in [0.3, 0.4) is 0 Å². The molecule has 0 fully saturated rings. The quantitative estimate of drug-likeness (QED) is 0.725. The van der Waals surface area contributed by atoms with Gasteiger partial charge < -0.3 is 9.47 Å². The second-order valence-electron chi connectivity index (χ2n) is 5.01. The molecule has 3 aromatic rings. The van der Waals surface area contributed by atoms with Crippen LogP contribution in [0.1, 0.15) is 16.1 Å². The number of rotatable bonds is 3. The number of amides is 1. The summed E-state index contributed by atoms with van der Waals surface area (Å²) >= 11 is 1.61. The Morgan fingerprint density at radius 1 is 1.33 bits per heavy atom. The van der Waals surface area contributed by atoms with Crippen molar-refractivity contribution in [2.75, 3.05) is 7.05 Å². The van der Waals surface area contributed by atoms with Gasteiger partial charge in [0.05, 0.1) is 10.2 Å². The summed E-state index contributed by atoms with van der Waals surface area (Å²) in [7, 11) is 3.56. The van der Waals surface area contributed by atoms with Crippen molar-refractivity contribution in [3.05, 3.63) is 58.9 Å². The van der Waals surface area contributed by atoms with Gasteiger partial charge in [-0.25, -0.2) is 4.39 Å². The molecule has 3 nitrogen and oxygen atoms in total. The maximum atomic E-state index is 13.7. The van der Waals surface area contributed by atoms with E-state index in [1.54, 1.807) is 36.6 Å². The third-order valence-electron chi connectivity index (χ3n) is 3.60. The van der Waals surface area contributed by atoms with Crippen LogP contribution >= 0.6 is 11.3 Å². The average molecular weight is 302 g/mol. The summed E-state index contributed by atoms with van der Waals surface area (Å²) in [6, 6.07) is 10.4. The van der Waals surface area contributed by atoms with Crippen molar-refractivity contribution in [2.45, 2.75) is 6.54 Å². The molecule has 2 aromatic heterocycles. The highest BCUT2D eigenvalue weighted by Gasteiger charge is 2.18. The number of halogens is 1. The first-order valence-corrected chi connectivity index (χ1v) is 7.47. The molecule has 0 saturated heterocycles. The van der Waals surface area contributed by atoms with E-state index in [0.29, 0.717) is 11.3 Å². The van der Waals surface area contributed by atoms with E-state index >= 15 is 0 Å². The van der Waals surface area contributed by atoms with E-state index in [0.717, 1.165) is 10.2 Å². The Morgan fingerprint density at radius 2 is 2.10 bits per heavy atom. The van der Waals surface area contributed by atoms with Crippen LogP contribution in [-0.4, -0.2) is 22.4 Å². The van der Waals surface area contributed by atoms with Crippen molar-refractivity contribution in [3.63, 3.8) is 0 Å². The SMILES string of the molecule is CN(Cc1ccccc1F)C(=O)c1cc2sccc2n1C. The third kappa shape index (κ3) is 2.45. The maximum Gasteiger partial charge on any atom is 0.270 e. The summed E-state index contributed by atoms with van der Waals surface area (Å²) in [5.41, 5.74) is 2.18. The molecule has 0 atom stereocenters. The van der Waals surface area contributed by atoms with Gasteiger partial charge in [0, 0.05) is 26.2 Å². The van der Waals surface area contributed by atoms with Gasteiger partial charge in [-0.15, -0.1) is 11.3 Å². The molecule has 1 amide bonds. The second-order valence-corrected chi connectivity index (χ2v) is 5.96. The standard InChI is InChI=1S/C16H15FN2OS/c1-18(10-11-5-3-4-6-12(11)17)16(20)14-9-15-13(19(14)2)7-8-21-15/h3-9H,10H2,1-2H3. The van der Waals surface area contributed by atoms with Gasteiger partial charge in [0.15, 0.2) is 0 Å². The minimum Gasteiger partial charge on any atom is -0.339 e. The number of hydrogen-bond donors (Lipinski definition) is 0. The molecule has 1 aromatic carbocycles. The number of carbonyl (C=O) groups excluding carboxylic acids is 1. The molecule has 21 heavy (non-hydrogen) atoms. The first-order valence-electron chi connectivity index (χ1n) is 6.59. The topological polar surface area (TPSA) is 25.2 Å². The number of benzene rings is 1. The largest absolute Gasteiger partial charge is 0.339 e. The zero-order valence-electron chi connectivity index (χ0n) is 11.8. The molecule has 2 heterocycles. The minimum atomic E-state index is -0.287. The van der Waals surface area contributed by atoms with Crippen molar-refractivity contribution in [1.29, 1.82) is 0 Å².